The number of carbonyl (C=O) groups excluding carboxylic acids is 1. The number of anilines is 1. The molecule has 1 saturated heterocycles. The number of aromatic nitrogens is 3. The Bertz CT molecular complexity index is 849. The summed E-state index contributed by atoms with van der Waals surface area (Å²) in [5.74, 6) is -0.600. The molecule has 9 nitrogen and oxygen atoms in total. The Morgan fingerprint density at radius 3 is 2.80 bits per heavy atom. The van der Waals surface area contributed by atoms with Gasteiger partial charge in [0.2, 0.25) is 0 Å². The molecule has 1 unspecified atom stereocenters. The van der Waals surface area contributed by atoms with Crippen LogP contribution in [0.15, 0.2) is 17.0 Å². The molecule has 10 heteroatoms. The molecule has 0 radical (unpaired) electrons. The Morgan fingerprint density at radius 2 is 2.20 bits per heavy atom. The fourth-order valence-corrected chi connectivity index (χ4v) is 3.56. The monoisotopic (exact) mass is 410 g/mol. The maximum Gasteiger partial charge on any atom is 0.407 e. The molecule has 2 aromatic rings. The molecule has 4 N–H and O–H groups in total. The van der Waals surface area contributed by atoms with Gasteiger partial charge in [0.15, 0.2) is 5.65 Å². The summed E-state index contributed by atoms with van der Waals surface area (Å²) in [7, 11) is 0. The van der Waals surface area contributed by atoms with Crippen LogP contribution in [-0.2, 0) is 0 Å². The number of hydrogen-bond donors (Lipinski definition) is 3. The molecule has 0 saturated carbocycles. The molecule has 0 spiro atoms. The number of nitrogens with zero attached hydrogens (tertiary/aromatic N) is 4. The van der Waals surface area contributed by atoms with Crippen molar-refractivity contribution in [2.24, 2.45) is 11.1 Å². The van der Waals surface area contributed by atoms with E-state index in [1.54, 1.807) is 10.7 Å². The van der Waals surface area contributed by atoms with Crippen LogP contribution in [0.2, 0.25) is 0 Å². The minimum Gasteiger partial charge on any atom is -0.465 e. The molecule has 2 amide bonds. The van der Waals surface area contributed by atoms with E-state index in [2.05, 4.69) is 31.3 Å². The van der Waals surface area contributed by atoms with Crippen LogP contribution < -0.4 is 11.1 Å². The normalized spacial score (nSPS) is 19.8. The first kappa shape index (κ1) is 17.5. The van der Waals surface area contributed by atoms with Gasteiger partial charge < -0.3 is 21.1 Å². The Balaban J connectivity index is 1.98. The van der Waals surface area contributed by atoms with Crippen LogP contribution in [0, 0.1) is 5.41 Å². The molecule has 0 aliphatic carbocycles. The number of nitrogens with one attached hydrogen (secondary N) is 1. The fraction of sp³-hybridized carbons (Fsp3) is 0.467. The van der Waals surface area contributed by atoms with Gasteiger partial charge in [-0.1, -0.05) is 13.8 Å². The number of likely N-dealkylation sites (tertiary alicyclic amines) is 1. The van der Waals surface area contributed by atoms with E-state index in [0.29, 0.717) is 35.4 Å². The smallest absolute Gasteiger partial charge is 0.407 e. The van der Waals surface area contributed by atoms with E-state index in [9.17, 15) is 14.7 Å². The summed E-state index contributed by atoms with van der Waals surface area (Å²) in [4.78, 5) is 28.8. The molecule has 0 aromatic carbocycles. The number of primary amides is 1. The average Bonchev–Trinajstić information content (AvgIpc) is 2.89. The summed E-state index contributed by atoms with van der Waals surface area (Å²) in [6.07, 6.45) is 2.77. The number of piperidine rings is 1. The zero-order chi connectivity index (χ0) is 18.4. The Morgan fingerprint density at radius 1 is 1.48 bits per heavy atom. The number of amides is 2. The molecule has 2 aromatic heterocycles. The standard InChI is InChI=1S/C15H19BrN6O3/c1-15(2)7-21(14(24)25)4-3-9(15)19-11-8(12(17)23)5-18-22-6-10(16)20-13(11)22/h5-6,9,19H,3-4,7H2,1-2H3,(H2,17,23)(H,24,25). The number of imidazole rings is 1. The van der Waals surface area contributed by atoms with Gasteiger partial charge in [0.05, 0.1) is 23.6 Å². The second-order valence-corrected chi connectivity index (χ2v) is 7.62. The van der Waals surface area contributed by atoms with E-state index in [1.165, 1.54) is 11.1 Å². The fourth-order valence-electron chi connectivity index (χ4n) is 3.20. The third-order valence-corrected chi connectivity index (χ3v) is 4.93. The molecule has 1 aliphatic rings. The molecular formula is C15H19BrN6O3. The maximum atomic E-state index is 11.8. The van der Waals surface area contributed by atoms with E-state index in [-0.39, 0.29) is 17.0 Å². The van der Waals surface area contributed by atoms with Crippen molar-refractivity contribution in [1.29, 1.82) is 0 Å². The van der Waals surface area contributed by atoms with Crippen LogP contribution in [0.3, 0.4) is 0 Å². The van der Waals surface area contributed by atoms with Crippen molar-refractivity contribution in [3.8, 4) is 0 Å². The lowest BCUT2D eigenvalue weighted by atomic mass is 9.79. The lowest BCUT2D eigenvalue weighted by Crippen LogP contribution is -2.53. The zero-order valence-electron chi connectivity index (χ0n) is 13.9. The number of fused-ring (bicyclic) bond motifs is 1. The Hall–Kier alpha value is -2.36. The molecule has 1 atom stereocenters. The number of hydrogen-bond acceptors (Lipinski definition) is 5. The van der Waals surface area contributed by atoms with Gasteiger partial charge in [0.25, 0.3) is 5.91 Å². The van der Waals surface area contributed by atoms with E-state index >= 15 is 0 Å². The second kappa shape index (κ2) is 6.17. The van der Waals surface area contributed by atoms with Gasteiger partial charge >= 0.3 is 6.09 Å². The van der Waals surface area contributed by atoms with Crippen LogP contribution in [0.25, 0.3) is 5.65 Å². The molecule has 25 heavy (non-hydrogen) atoms. The molecule has 1 fully saturated rings. The van der Waals surface area contributed by atoms with Gasteiger partial charge in [0, 0.05) is 24.5 Å². The summed E-state index contributed by atoms with van der Waals surface area (Å²) in [6.45, 7) is 4.79. The van der Waals surface area contributed by atoms with Gasteiger partial charge in [-0.05, 0) is 22.4 Å². The highest BCUT2D eigenvalue weighted by molar-refractivity contribution is 9.10. The molecule has 0 bridgehead atoms. The first-order valence-corrected chi connectivity index (χ1v) is 8.56. The minimum atomic E-state index is -0.923. The largest absolute Gasteiger partial charge is 0.465 e. The van der Waals surface area contributed by atoms with E-state index in [1.807, 2.05) is 13.8 Å². The van der Waals surface area contributed by atoms with Crippen molar-refractivity contribution in [2.45, 2.75) is 26.3 Å². The van der Waals surface area contributed by atoms with E-state index in [0.717, 1.165) is 0 Å². The highest BCUT2D eigenvalue weighted by Gasteiger charge is 2.38. The van der Waals surface area contributed by atoms with Crippen LogP contribution in [-0.4, -0.2) is 55.7 Å². The lowest BCUT2D eigenvalue weighted by molar-refractivity contribution is 0.0871. The third-order valence-electron chi connectivity index (χ3n) is 4.55. The minimum absolute atomic E-state index is 0.0529. The molecule has 3 heterocycles. The van der Waals surface area contributed by atoms with Crippen molar-refractivity contribution in [3.63, 3.8) is 0 Å². The van der Waals surface area contributed by atoms with Crippen molar-refractivity contribution in [3.05, 3.63) is 22.6 Å². The van der Waals surface area contributed by atoms with Crippen LogP contribution in [0.1, 0.15) is 30.6 Å². The van der Waals surface area contributed by atoms with Crippen LogP contribution >= 0.6 is 15.9 Å². The van der Waals surface area contributed by atoms with Gasteiger partial charge in [-0.3, -0.25) is 4.79 Å². The zero-order valence-corrected chi connectivity index (χ0v) is 15.4. The first-order valence-electron chi connectivity index (χ1n) is 7.77. The van der Waals surface area contributed by atoms with Gasteiger partial charge in [-0.2, -0.15) is 5.10 Å². The first-order chi connectivity index (χ1) is 11.7. The Labute approximate surface area is 152 Å². The second-order valence-electron chi connectivity index (χ2n) is 6.81. The molecular weight excluding hydrogens is 392 g/mol. The number of halogens is 1. The highest BCUT2D eigenvalue weighted by atomic mass is 79.9. The molecule has 1 aliphatic heterocycles. The number of nitrogens with two attached hydrogens (primary N) is 1. The summed E-state index contributed by atoms with van der Waals surface area (Å²) in [5.41, 5.74) is 6.40. The quantitative estimate of drug-likeness (QED) is 0.707. The van der Waals surface area contributed by atoms with Gasteiger partial charge in [-0.15, -0.1) is 0 Å². The molecule has 3 rings (SSSR count). The summed E-state index contributed by atoms with van der Waals surface area (Å²) in [5, 5.41) is 16.7. The number of carboxylic acid groups (broad SMARTS) is 1. The number of rotatable bonds is 3. The van der Waals surface area contributed by atoms with Crippen molar-refractivity contribution in [1.82, 2.24) is 19.5 Å². The predicted molar refractivity (Wildman–Crippen MR) is 94.6 cm³/mol. The average molecular weight is 411 g/mol. The predicted octanol–water partition coefficient (Wildman–Crippen LogP) is 1.78. The van der Waals surface area contributed by atoms with Gasteiger partial charge in [0.1, 0.15) is 4.60 Å². The maximum absolute atomic E-state index is 11.8. The summed E-state index contributed by atoms with van der Waals surface area (Å²) >= 11 is 3.30. The number of carbonyl (C=O) groups is 2. The topological polar surface area (TPSA) is 126 Å². The lowest BCUT2D eigenvalue weighted by Gasteiger charge is -2.44. The van der Waals surface area contributed by atoms with Crippen LogP contribution in [0.4, 0.5) is 10.5 Å². The highest BCUT2D eigenvalue weighted by Crippen LogP contribution is 2.34. The van der Waals surface area contributed by atoms with Crippen molar-refractivity contribution >= 4 is 39.3 Å². The van der Waals surface area contributed by atoms with Crippen LogP contribution in [0.5, 0.6) is 0 Å². The van der Waals surface area contributed by atoms with Crippen molar-refractivity contribution < 1.29 is 14.7 Å². The van der Waals surface area contributed by atoms with E-state index in [4.69, 9.17) is 5.73 Å². The SMILES string of the molecule is CC1(C)CN(C(=O)O)CCC1Nc1c(C(N)=O)cnn2cc(Br)nc12. The van der Waals surface area contributed by atoms with Gasteiger partial charge in [-0.25, -0.2) is 14.3 Å². The summed E-state index contributed by atoms with van der Waals surface area (Å²) in [6, 6.07) is -0.0529. The van der Waals surface area contributed by atoms with E-state index < -0.39 is 12.0 Å². The van der Waals surface area contributed by atoms with Crippen molar-refractivity contribution in [2.75, 3.05) is 18.4 Å². The third kappa shape index (κ3) is 3.26. The Kier molecular flexibility index (Phi) is 4.31. The molecule has 134 valence electrons. The summed E-state index contributed by atoms with van der Waals surface area (Å²) < 4.78 is 2.14.